The highest BCUT2D eigenvalue weighted by atomic mass is 16.5. The zero-order valence-corrected chi connectivity index (χ0v) is 18.4. The van der Waals surface area contributed by atoms with Gasteiger partial charge in [-0.15, -0.1) is 0 Å². The Bertz CT molecular complexity index is 823. The Kier molecular flexibility index (Phi) is 5.90. The molecule has 0 bridgehead atoms. The summed E-state index contributed by atoms with van der Waals surface area (Å²) in [5.41, 5.74) is 15.6. The molecule has 2 saturated heterocycles. The highest BCUT2D eigenvalue weighted by molar-refractivity contribution is 5.92. The lowest BCUT2D eigenvalue weighted by Crippen LogP contribution is -2.52. The van der Waals surface area contributed by atoms with Crippen LogP contribution in [-0.2, 0) is 5.79 Å². The second-order valence-electron chi connectivity index (χ2n) is 8.68. The molecular formula is C22H35N7O. The first-order valence-electron chi connectivity index (χ1n) is 10.8. The average Bonchev–Trinajstić information content (AvgIpc) is 2.74. The van der Waals surface area contributed by atoms with Gasteiger partial charge in [-0.25, -0.2) is 4.99 Å². The third-order valence-corrected chi connectivity index (χ3v) is 6.65. The molecule has 3 heterocycles. The summed E-state index contributed by atoms with van der Waals surface area (Å²) in [5, 5.41) is 3.12. The number of methoxy groups -OCH3 is 1. The number of anilines is 1. The molecule has 3 aliphatic rings. The summed E-state index contributed by atoms with van der Waals surface area (Å²) in [6, 6.07) is 4.87. The van der Waals surface area contributed by atoms with Crippen LogP contribution in [0, 0.1) is 6.92 Å². The number of nitrogens with zero attached hydrogens (tertiary/aromatic N) is 4. The number of hydrogen-bond acceptors (Lipinski definition) is 8. The van der Waals surface area contributed by atoms with Crippen molar-refractivity contribution < 1.29 is 4.74 Å². The van der Waals surface area contributed by atoms with Gasteiger partial charge in [0.2, 0.25) is 5.79 Å². The van der Waals surface area contributed by atoms with E-state index in [1.807, 2.05) is 0 Å². The molecule has 0 amide bonds. The summed E-state index contributed by atoms with van der Waals surface area (Å²) < 4.78 is 5.72. The fourth-order valence-corrected chi connectivity index (χ4v) is 4.81. The SMILES string of the molecule is COc1cc(N2CCC(N3CCN(C)CC3)CC2)c(C)cc1C1(N)N=C(N)C=CN1. The maximum absolute atomic E-state index is 6.52. The fraction of sp³-hybridized carbons (Fsp3) is 0.591. The summed E-state index contributed by atoms with van der Waals surface area (Å²) in [6.45, 7) is 8.96. The lowest BCUT2D eigenvalue weighted by atomic mass is 9.98. The highest BCUT2D eigenvalue weighted by Gasteiger charge is 2.33. The van der Waals surface area contributed by atoms with Crippen molar-refractivity contribution >= 4 is 11.5 Å². The number of piperidine rings is 1. The van der Waals surface area contributed by atoms with Crippen LogP contribution < -0.4 is 26.4 Å². The topological polar surface area (TPSA) is 95.4 Å². The molecule has 1 unspecified atom stereocenters. The number of benzene rings is 1. The van der Waals surface area contributed by atoms with Gasteiger partial charge in [0.05, 0.1) is 12.7 Å². The lowest BCUT2D eigenvalue weighted by molar-refractivity contribution is 0.0982. The predicted octanol–water partition coefficient (Wildman–Crippen LogP) is 0.763. The van der Waals surface area contributed by atoms with E-state index in [-0.39, 0.29) is 0 Å². The van der Waals surface area contributed by atoms with E-state index in [4.69, 9.17) is 16.2 Å². The largest absolute Gasteiger partial charge is 0.496 e. The first kappa shape index (κ1) is 21.0. The molecule has 3 aliphatic heterocycles. The van der Waals surface area contributed by atoms with Gasteiger partial charge >= 0.3 is 0 Å². The third-order valence-electron chi connectivity index (χ3n) is 6.65. The minimum absolute atomic E-state index is 0.394. The molecule has 0 radical (unpaired) electrons. The lowest BCUT2D eigenvalue weighted by Gasteiger charge is -2.43. The number of nitrogens with two attached hydrogens (primary N) is 2. The molecule has 1 aromatic rings. The number of likely N-dealkylation sites (N-methyl/N-ethyl adjacent to an activating group) is 1. The quantitative estimate of drug-likeness (QED) is 0.671. The number of hydrogen-bond donors (Lipinski definition) is 3. The molecule has 164 valence electrons. The maximum Gasteiger partial charge on any atom is 0.214 e. The monoisotopic (exact) mass is 413 g/mol. The Hall–Kier alpha value is -2.29. The average molecular weight is 414 g/mol. The number of rotatable bonds is 4. The van der Waals surface area contributed by atoms with Gasteiger partial charge in [-0.05, 0) is 44.5 Å². The van der Waals surface area contributed by atoms with Crippen LogP contribution in [0.4, 0.5) is 5.69 Å². The number of aryl methyl sites for hydroxylation is 1. The first-order chi connectivity index (χ1) is 14.4. The molecule has 2 fully saturated rings. The zero-order valence-electron chi connectivity index (χ0n) is 18.4. The van der Waals surface area contributed by atoms with Crippen molar-refractivity contribution in [2.45, 2.75) is 31.6 Å². The van der Waals surface area contributed by atoms with E-state index in [1.54, 1.807) is 19.4 Å². The molecule has 1 atom stereocenters. The van der Waals surface area contributed by atoms with E-state index in [0.717, 1.165) is 24.4 Å². The van der Waals surface area contributed by atoms with Crippen molar-refractivity contribution in [1.82, 2.24) is 15.1 Å². The Balaban J connectivity index is 1.50. The second kappa shape index (κ2) is 8.45. The molecule has 8 nitrogen and oxygen atoms in total. The molecule has 30 heavy (non-hydrogen) atoms. The van der Waals surface area contributed by atoms with Crippen LogP contribution in [0.1, 0.15) is 24.0 Å². The standard InChI is InChI=1S/C22H35N7O/c1-16-14-18(22(24)25-7-4-21(23)26-22)20(30-3)15-19(16)29-8-5-17(6-9-29)28-12-10-27(2)11-13-28/h4,7,14-15,17,25H,5-6,8-13,24H2,1-3H3,(H2,23,26). The van der Waals surface area contributed by atoms with Crippen LogP contribution in [0.3, 0.4) is 0 Å². The number of piperazine rings is 1. The van der Waals surface area contributed by atoms with Gasteiger partial charge < -0.3 is 25.6 Å². The summed E-state index contributed by atoms with van der Waals surface area (Å²) in [6.07, 6.45) is 5.82. The predicted molar refractivity (Wildman–Crippen MR) is 122 cm³/mol. The zero-order chi connectivity index (χ0) is 21.3. The van der Waals surface area contributed by atoms with Crippen LogP contribution in [0.2, 0.25) is 0 Å². The summed E-state index contributed by atoms with van der Waals surface area (Å²) in [4.78, 5) is 12.0. The highest BCUT2D eigenvalue weighted by Crippen LogP contribution is 2.36. The Labute approximate surface area is 179 Å². The van der Waals surface area contributed by atoms with Crippen LogP contribution in [0.15, 0.2) is 29.4 Å². The van der Waals surface area contributed by atoms with Crippen molar-refractivity contribution in [3.05, 3.63) is 35.5 Å². The molecule has 5 N–H and O–H groups in total. The van der Waals surface area contributed by atoms with E-state index in [1.165, 1.54) is 50.3 Å². The van der Waals surface area contributed by atoms with Gasteiger partial charge in [0, 0.05) is 63.3 Å². The van der Waals surface area contributed by atoms with Gasteiger partial charge in [-0.2, -0.15) is 0 Å². The van der Waals surface area contributed by atoms with Crippen molar-refractivity contribution in [2.75, 3.05) is 58.3 Å². The smallest absolute Gasteiger partial charge is 0.214 e. The van der Waals surface area contributed by atoms with Gasteiger partial charge in [0.25, 0.3) is 0 Å². The van der Waals surface area contributed by atoms with Crippen LogP contribution in [0.5, 0.6) is 5.75 Å². The van der Waals surface area contributed by atoms with Crippen molar-refractivity contribution in [2.24, 2.45) is 16.5 Å². The van der Waals surface area contributed by atoms with Crippen LogP contribution in [-0.4, -0.2) is 75.1 Å². The molecule has 1 aromatic carbocycles. The van der Waals surface area contributed by atoms with Crippen molar-refractivity contribution in [3.8, 4) is 5.75 Å². The van der Waals surface area contributed by atoms with Gasteiger partial charge in [0.15, 0.2) is 0 Å². The molecule has 0 aromatic heterocycles. The summed E-state index contributed by atoms with van der Waals surface area (Å²) in [5.74, 6) is -0.00771. The number of amidine groups is 1. The molecular weight excluding hydrogens is 378 g/mol. The molecule has 0 saturated carbocycles. The number of aliphatic imine (C=N–C) groups is 1. The van der Waals surface area contributed by atoms with Crippen molar-refractivity contribution in [1.29, 1.82) is 0 Å². The van der Waals surface area contributed by atoms with Gasteiger partial charge in [-0.3, -0.25) is 10.6 Å². The Morgan fingerprint density at radius 1 is 1.13 bits per heavy atom. The molecule has 4 rings (SSSR count). The molecule has 0 spiro atoms. The second-order valence-corrected chi connectivity index (χ2v) is 8.68. The van der Waals surface area contributed by atoms with Gasteiger partial charge in [-0.1, -0.05) is 0 Å². The van der Waals surface area contributed by atoms with Gasteiger partial charge in [0.1, 0.15) is 11.6 Å². The third kappa shape index (κ3) is 4.12. The maximum atomic E-state index is 6.52. The summed E-state index contributed by atoms with van der Waals surface area (Å²) in [7, 11) is 3.89. The Morgan fingerprint density at radius 3 is 2.47 bits per heavy atom. The Morgan fingerprint density at radius 2 is 1.83 bits per heavy atom. The normalized spacial score (nSPS) is 26.4. The number of ether oxygens (including phenoxy) is 1. The minimum Gasteiger partial charge on any atom is -0.496 e. The van der Waals surface area contributed by atoms with Crippen LogP contribution >= 0.6 is 0 Å². The number of nitrogens with one attached hydrogen (secondary N) is 1. The van der Waals surface area contributed by atoms with Crippen LogP contribution in [0.25, 0.3) is 0 Å². The minimum atomic E-state index is -1.12. The summed E-state index contributed by atoms with van der Waals surface area (Å²) >= 11 is 0. The van der Waals surface area contributed by atoms with E-state index < -0.39 is 5.79 Å². The first-order valence-corrected chi connectivity index (χ1v) is 10.8. The van der Waals surface area contributed by atoms with E-state index in [2.05, 4.69) is 51.1 Å². The molecule has 8 heteroatoms. The fourth-order valence-electron chi connectivity index (χ4n) is 4.81. The van der Waals surface area contributed by atoms with E-state index in [0.29, 0.717) is 11.9 Å². The van der Waals surface area contributed by atoms with E-state index >= 15 is 0 Å². The van der Waals surface area contributed by atoms with E-state index in [9.17, 15) is 0 Å². The molecule has 0 aliphatic carbocycles. The van der Waals surface area contributed by atoms with Crippen molar-refractivity contribution in [3.63, 3.8) is 0 Å².